The summed E-state index contributed by atoms with van der Waals surface area (Å²) in [5.41, 5.74) is 6.60. The van der Waals surface area contributed by atoms with Gasteiger partial charge in [0.1, 0.15) is 11.6 Å². The summed E-state index contributed by atoms with van der Waals surface area (Å²) in [5, 5.41) is 2.44. The molecule has 3 N–H and O–H groups in total. The largest absolute Gasteiger partial charge is 0.484 e. The van der Waals surface area contributed by atoms with Crippen LogP contribution >= 0.6 is 0 Å². The van der Waals surface area contributed by atoms with Crippen LogP contribution < -0.4 is 15.8 Å². The number of benzene rings is 2. The molecule has 0 atom stereocenters. The van der Waals surface area contributed by atoms with E-state index in [9.17, 15) is 9.18 Å². The van der Waals surface area contributed by atoms with E-state index in [4.69, 9.17) is 10.5 Å². The maximum atomic E-state index is 13.3. The molecule has 2 aromatic rings. The van der Waals surface area contributed by atoms with Gasteiger partial charge in [-0.15, -0.1) is 0 Å². The van der Waals surface area contributed by atoms with E-state index in [1.165, 1.54) is 12.1 Å². The number of hydrogen-bond donors (Lipinski definition) is 2. The van der Waals surface area contributed by atoms with Crippen LogP contribution in [-0.4, -0.2) is 12.5 Å². The highest BCUT2D eigenvalue weighted by atomic mass is 19.1. The van der Waals surface area contributed by atoms with Gasteiger partial charge in [0.05, 0.1) is 5.69 Å². The fourth-order valence-electron chi connectivity index (χ4n) is 1.62. The van der Waals surface area contributed by atoms with Crippen LogP contribution in [0.25, 0.3) is 0 Å². The molecule has 0 aliphatic rings. The van der Waals surface area contributed by atoms with Gasteiger partial charge in [-0.1, -0.05) is 24.3 Å². The third kappa shape index (κ3) is 3.80. The van der Waals surface area contributed by atoms with E-state index in [0.29, 0.717) is 12.3 Å². The molecule has 104 valence electrons. The van der Waals surface area contributed by atoms with Crippen molar-refractivity contribution in [3.8, 4) is 5.75 Å². The molecule has 0 saturated carbocycles. The Balaban J connectivity index is 1.87. The topological polar surface area (TPSA) is 64.3 Å². The van der Waals surface area contributed by atoms with Gasteiger partial charge in [-0.05, 0) is 29.8 Å². The van der Waals surface area contributed by atoms with E-state index in [1.54, 1.807) is 24.3 Å². The predicted octanol–water partition coefficient (Wildman–Crippen LogP) is 2.30. The highest BCUT2D eigenvalue weighted by Gasteiger charge is 2.06. The van der Waals surface area contributed by atoms with Crippen LogP contribution in [0.3, 0.4) is 0 Å². The first-order chi connectivity index (χ1) is 9.69. The Bertz CT molecular complexity index is 585. The van der Waals surface area contributed by atoms with E-state index < -0.39 is 11.7 Å². The highest BCUT2D eigenvalue weighted by Crippen LogP contribution is 2.14. The zero-order chi connectivity index (χ0) is 14.4. The van der Waals surface area contributed by atoms with Crippen LogP contribution in [0.2, 0.25) is 0 Å². The molecule has 0 aromatic heterocycles. The second-order valence-electron chi connectivity index (χ2n) is 4.16. The molecule has 20 heavy (non-hydrogen) atoms. The summed E-state index contributed by atoms with van der Waals surface area (Å²) < 4.78 is 18.6. The van der Waals surface area contributed by atoms with Crippen LogP contribution in [0.1, 0.15) is 5.56 Å². The van der Waals surface area contributed by atoms with Crippen molar-refractivity contribution in [2.24, 2.45) is 5.73 Å². The van der Waals surface area contributed by atoms with Gasteiger partial charge in [-0.25, -0.2) is 4.39 Å². The van der Waals surface area contributed by atoms with Crippen molar-refractivity contribution >= 4 is 11.6 Å². The molecule has 0 fully saturated rings. The monoisotopic (exact) mass is 274 g/mol. The summed E-state index contributed by atoms with van der Waals surface area (Å²) in [7, 11) is 0. The van der Waals surface area contributed by atoms with Gasteiger partial charge in [0, 0.05) is 6.54 Å². The molecular formula is C15H15FN2O2. The van der Waals surface area contributed by atoms with Crippen molar-refractivity contribution in [3.05, 3.63) is 59.9 Å². The number of rotatable bonds is 5. The van der Waals surface area contributed by atoms with Crippen LogP contribution in [0.5, 0.6) is 5.75 Å². The van der Waals surface area contributed by atoms with Crippen molar-refractivity contribution in [3.63, 3.8) is 0 Å². The Labute approximate surface area is 116 Å². The zero-order valence-electron chi connectivity index (χ0n) is 10.8. The minimum atomic E-state index is -0.479. The summed E-state index contributed by atoms with van der Waals surface area (Å²) in [6.07, 6.45) is 0. The quantitative estimate of drug-likeness (QED) is 0.879. The third-order valence-corrected chi connectivity index (χ3v) is 2.68. The van der Waals surface area contributed by atoms with Gasteiger partial charge in [0.15, 0.2) is 6.61 Å². The first-order valence-corrected chi connectivity index (χ1v) is 6.15. The minimum Gasteiger partial charge on any atom is -0.484 e. The SMILES string of the molecule is NCc1ccc(OCC(=O)Nc2ccccc2F)cc1. The van der Waals surface area contributed by atoms with Crippen LogP contribution in [-0.2, 0) is 11.3 Å². The van der Waals surface area contributed by atoms with Gasteiger partial charge in [-0.3, -0.25) is 4.79 Å². The van der Waals surface area contributed by atoms with Crippen LogP contribution in [0.15, 0.2) is 48.5 Å². The summed E-state index contributed by atoms with van der Waals surface area (Å²) in [5.74, 6) is -0.336. The lowest BCUT2D eigenvalue weighted by molar-refractivity contribution is -0.118. The van der Waals surface area contributed by atoms with E-state index in [2.05, 4.69) is 5.32 Å². The molecule has 4 nitrogen and oxygen atoms in total. The third-order valence-electron chi connectivity index (χ3n) is 2.68. The number of ether oxygens (including phenoxy) is 1. The minimum absolute atomic E-state index is 0.138. The number of anilines is 1. The number of halogens is 1. The summed E-state index contributed by atoms with van der Waals surface area (Å²) in [6.45, 7) is 0.268. The number of nitrogens with two attached hydrogens (primary N) is 1. The molecule has 0 aliphatic carbocycles. The van der Waals surface area contributed by atoms with Crippen LogP contribution in [0.4, 0.5) is 10.1 Å². The molecule has 2 rings (SSSR count). The standard InChI is InChI=1S/C15H15FN2O2/c16-13-3-1-2-4-14(13)18-15(19)10-20-12-7-5-11(9-17)6-8-12/h1-8H,9-10,17H2,(H,18,19). The van der Waals surface area contributed by atoms with Crippen molar-refractivity contribution < 1.29 is 13.9 Å². The number of amides is 1. The van der Waals surface area contributed by atoms with E-state index in [0.717, 1.165) is 5.56 Å². The maximum absolute atomic E-state index is 13.3. The van der Waals surface area contributed by atoms with Crippen LogP contribution in [0, 0.1) is 5.82 Å². The Morgan fingerprint density at radius 1 is 1.15 bits per heavy atom. The fraction of sp³-hybridized carbons (Fsp3) is 0.133. The molecule has 0 heterocycles. The maximum Gasteiger partial charge on any atom is 0.262 e. The van der Waals surface area contributed by atoms with Crippen molar-refractivity contribution in [1.29, 1.82) is 0 Å². The smallest absolute Gasteiger partial charge is 0.262 e. The van der Waals surface area contributed by atoms with E-state index in [1.807, 2.05) is 12.1 Å². The van der Waals surface area contributed by atoms with Gasteiger partial charge < -0.3 is 15.8 Å². The lowest BCUT2D eigenvalue weighted by Crippen LogP contribution is -2.20. The molecule has 0 radical (unpaired) electrons. The average molecular weight is 274 g/mol. The average Bonchev–Trinajstić information content (AvgIpc) is 2.48. The first kappa shape index (κ1) is 14.0. The van der Waals surface area contributed by atoms with E-state index >= 15 is 0 Å². The molecule has 0 saturated heterocycles. The first-order valence-electron chi connectivity index (χ1n) is 6.15. The Morgan fingerprint density at radius 2 is 1.85 bits per heavy atom. The van der Waals surface area contributed by atoms with E-state index in [-0.39, 0.29) is 12.3 Å². The molecule has 5 heteroatoms. The molecule has 0 bridgehead atoms. The lowest BCUT2D eigenvalue weighted by Gasteiger charge is -2.08. The number of para-hydroxylation sites is 1. The van der Waals surface area contributed by atoms with Crippen molar-refractivity contribution in [2.45, 2.75) is 6.54 Å². The fourth-order valence-corrected chi connectivity index (χ4v) is 1.62. The Kier molecular flexibility index (Phi) is 4.68. The molecule has 1 amide bonds. The zero-order valence-corrected chi connectivity index (χ0v) is 10.8. The second kappa shape index (κ2) is 6.68. The molecule has 0 aliphatic heterocycles. The number of carbonyl (C=O) groups is 1. The highest BCUT2D eigenvalue weighted by molar-refractivity contribution is 5.91. The van der Waals surface area contributed by atoms with Crippen molar-refractivity contribution in [1.82, 2.24) is 0 Å². The van der Waals surface area contributed by atoms with Gasteiger partial charge in [0.2, 0.25) is 0 Å². The molecule has 2 aromatic carbocycles. The van der Waals surface area contributed by atoms with Gasteiger partial charge >= 0.3 is 0 Å². The normalized spacial score (nSPS) is 10.1. The summed E-state index contributed by atoms with van der Waals surface area (Å²) in [6, 6.07) is 13.1. The molecule has 0 unspecified atom stereocenters. The number of carbonyl (C=O) groups excluding carboxylic acids is 1. The lowest BCUT2D eigenvalue weighted by atomic mass is 10.2. The molecule has 0 spiro atoms. The molecular weight excluding hydrogens is 259 g/mol. The summed E-state index contributed by atoms with van der Waals surface area (Å²) >= 11 is 0. The Morgan fingerprint density at radius 3 is 2.50 bits per heavy atom. The number of hydrogen-bond acceptors (Lipinski definition) is 3. The second-order valence-corrected chi connectivity index (χ2v) is 4.16. The summed E-state index contributed by atoms with van der Waals surface area (Å²) in [4.78, 5) is 11.6. The van der Waals surface area contributed by atoms with Crippen molar-refractivity contribution in [2.75, 3.05) is 11.9 Å². The number of nitrogens with one attached hydrogen (secondary N) is 1. The van der Waals surface area contributed by atoms with Gasteiger partial charge in [0.25, 0.3) is 5.91 Å². The Hall–Kier alpha value is -2.40. The predicted molar refractivity (Wildman–Crippen MR) is 74.9 cm³/mol. The van der Waals surface area contributed by atoms with Gasteiger partial charge in [-0.2, -0.15) is 0 Å².